The van der Waals surface area contributed by atoms with E-state index in [1.54, 1.807) is 99.0 Å². The van der Waals surface area contributed by atoms with Gasteiger partial charge in [-0.3, -0.25) is 14.4 Å². The summed E-state index contributed by atoms with van der Waals surface area (Å²) < 4.78 is 10.6. The molecular weight excluding hydrogens is 621 g/mol. The van der Waals surface area contributed by atoms with Crippen LogP contribution in [0.3, 0.4) is 0 Å². The fraction of sp³-hybridized carbons (Fsp3) is 0.121. The number of nitrogens with one attached hydrogen (secondary N) is 3. The lowest BCUT2D eigenvalue weighted by Crippen LogP contribution is -2.30. The van der Waals surface area contributed by atoms with Gasteiger partial charge in [0, 0.05) is 22.2 Å². The first-order chi connectivity index (χ1) is 21.2. The van der Waals surface area contributed by atoms with Gasteiger partial charge in [0.25, 0.3) is 11.8 Å². The molecule has 0 aliphatic rings. The van der Waals surface area contributed by atoms with E-state index in [0.717, 1.165) is 4.90 Å². The van der Waals surface area contributed by atoms with E-state index >= 15 is 0 Å². The monoisotopic (exact) mass is 649 g/mol. The predicted molar refractivity (Wildman–Crippen MR) is 177 cm³/mol. The number of rotatable bonds is 11. The maximum absolute atomic E-state index is 13.5. The Balaban J connectivity index is 1.51. The molecule has 1 atom stereocenters. The molecule has 4 rings (SSSR count). The molecule has 0 aliphatic carbocycles. The second kappa shape index (κ2) is 15.3. The Morgan fingerprint density at radius 2 is 1.59 bits per heavy atom. The van der Waals surface area contributed by atoms with E-state index in [9.17, 15) is 14.4 Å². The summed E-state index contributed by atoms with van der Waals surface area (Å²) in [5.74, 6) is -0.215. The molecule has 0 radical (unpaired) electrons. The molecular formula is C33H29Cl2N3O5S. The molecule has 0 saturated heterocycles. The first-order valence-corrected chi connectivity index (χ1v) is 14.9. The summed E-state index contributed by atoms with van der Waals surface area (Å²) in [7, 11) is 3.06. The number of amides is 3. The van der Waals surface area contributed by atoms with Crippen LogP contribution in [0.15, 0.2) is 102 Å². The highest BCUT2D eigenvalue weighted by Crippen LogP contribution is 2.32. The summed E-state index contributed by atoms with van der Waals surface area (Å²) in [5, 5.41) is 8.43. The standard InChI is InChI=1S/C33H29Cl2N3O5S/c1-20(31(39)37-27-19-24(42-2)15-16-29(27)43-3)44-25-13-8-12-23(18-25)36-33(41)28(17-22-11-7-14-26(34)30(22)35)38-32(40)21-9-5-4-6-10-21/h4-20H,1-3H3,(H,36,41)(H,37,39)(H,38,40)/b28-17+. The van der Waals surface area contributed by atoms with Gasteiger partial charge in [0.05, 0.1) is 35.2 Å². The molecule has 11 heteroatoms. The van der Waals surface area contributed by atoms with Crippen molar-refractivity contribution in [2.45, 2.75) is 17.1 Å². The largest absolute Gasteiger partial charge is 0.497 e. The molecule has 4 aromatic carbocycles. The quantitative estimate of drug-likeness (QED) is 0.114. The second-order valence-electron chi connectivity index (χ2n) is 9.32. The van der Waals surface area contributed by atoms with Crippen LogP contribution in [0, 0.1) is 0 Å². The SMILES string of the molecule is COc1ccc(OC)c(NC(=O)C(C)Sc2cccc(NC(=O)/C(=C\c3cccc(Cl)c3Cl)NC(=O)c3ccccc3)c2)c1. The number of halogens is 2. The zero-order valence-electron chi connectivity index (χ0n) is 24.0. The van der Waals surface area contributed by atoms with E-state index in [2.05, 4.69) is 16.0 Å². The molecule has 8 nitrogen and oxygen atoms in total. The van der Waals surface area contributed by atoms with Crippen molar-refractivity contribution >= 4 is 70.1 Å². The lowest BCUT2D eigenvalue weighted by Gasteiger charge is -2.16. The molecule has 0 aliphatic heterocycles. The lowest BCUT2D eigenvalue weighted by atomic mass is 10.1. The first kappa shape index (κ1) is 32.5. The van der Waals surface area contributed by atoms with Crippen LogP contribution in [-0.4, -0.2) is 37.2 Å². The fourth-order valence-corrected chi connectivity index (χ4v) is 5.27. The molecule has 0 spiro atoms. The summed E-state index contributed by atoms with van der Waals surface area (Å²) in [5.41, 5.74) is 1.73. The first-order valence-electron chi connectivity index (χ1n) is 13.3. The third kappa shape index (κ3) is 8.57. The molecule has 0 saturated carbocycles. The Labute approximate surface area is 269 Å². The Kier molecular flexibility index (Phi) is 11.3. The van der Waals surface area contributed by atoms with Crippen molar-refractivity contribution in [3.63, 3.8) is 0 Å². The number of ether oxygens (including phenoxy) is 2. The lowest BCUT2D eigenvalue weighted by molar-refractivity contribution is -0.115. The average molecular weight is 651 g/mol. The van der Waals surface area contributed by atoms with Crippen LogP contribution in [0.25, 0.3) is 6.08 Å². The number of anilines is 2. The topological polar surface area (TPSA) is 106 Å². The van der Waals surface area contributed by atoms with Crippen LogP contribution in [0.5, 0.6) is 11.5 Å². The van der Waals surface area contributed by atoms with Gasteiger partial charge < -0.3 is 25.4 Å². The van der Waals surface area contributed by atoms with Crippen molar-refractivity contribution in [2.75, 3.05) is 24.9 Å². The van der Waals surface area contributed by atoms with Crippen LogP contribution in [0.2, 0.25) is 10.0 Å². The van der Waals surface area contributed by atoms with Crippen molar-refractivity contribution < 1.29 is 23.9 Å². The van der Waals surface area contributed by atoms with E-state index in [0.29, 0.717) is 39.0 Å². The summed E-state index contributed by atoms with van der Waals surface area (Å²) in [6, 6.07) is 25.7. The molecule has 0 aromatic heterocycles. The normalized spacial score (nSPS) is 11.7. The highest BCUT2D eigenvalue weighted by atomic mass is 35.5. The number of carbonyl (C=O) groups is 3. The van der Waals surface area contributed by atoms with Gasteiger partial charge in [-0.05, 0) is 67.1 Å². The molecule has 0 heterocycles. The molecule has 3 amide bonds. The van der Waals surface area contributed by atoms with Crippen molar-refractivity contribution in [3.05, 3.63) is 118 Å². The number of hydrogen-bond acceptors (Lipinski definition) is 6. The number of carbonyl (C=O) groups excluding carboxylic acids is 3. The van der Waals surface area contributed by atoms with Crippen molar-refractivity contribution in [1.82, 2.24) is 5.32 Å². The van der Waals surface area contributed by atoms with Gasteiger partial charge in [-0.15, -0.1) is 11.8 Å². The molecule has 3 N–H and O–H groups in total. The van der Waals surface area contributed by atoms with Crippen LogP contribution in [0.4, 0.5) is 11.4 Å². The van der Waals surface area contributed by atoms with Gasteiger partial charge >= 0.3 is 0 Å². The van der Waals surface area contributed by atoms with Crippen molar-refractivity contribution in [3.8, 4) is 11.5 Å². The fourth-order valence-electron chi connectivity index (χ4n) is 3.98. The predicted octanol–water partition coefficient (Wildman–Crippen LogP) is 7.54. The molecule has 0 fully saturated rings. The zero-order chi connectivity index (χ0) is 31.6. The van der Waals surface area contributed by atoms with Gasteiger partial charge in [0.15, 0.2) is 0 Å². The van der Waals surface area contributed by atoms with Crippen LogP contribution in [-0.2, 0) is 9.59 Å². The number of methoxy groups -OCH3 is 2. The van der Waals surface area contributed by atoms with Crippen molar-refractivity contribution in [1.29, 1.82) is 0 Å². The number of thioether (sulfide) groups is 1. The molecule has 0 bridgehead atoms. The Morgan fingerprint density at radius 3 is 2.32 bits per heavy atom. The highest BCUT2D eigenvalue weighted by molar-refractivity contribution is 8.00. The molecule has 226 valence electrons. The minimum Gasteiger partial charge on any atom is -0.497 e. The maximum Gasteiger partial charge on any atom is 0.272 e. The van der Waals surface area contributed by atoms with Gasteiger partial charge in [-0.1, -0.05) is 59.6 Å². The van der Waals surface area contributed by atoms with Gasteiger partial charge in [0.2, 0.25) is 5.91 Å². The summed E-state index contributed by atoms with van der Waals surface area (Å²) in [4.78, 5) is 40.2. The third-order valence-electron chi connectivity index (χ3n) is 6.25. The van der Waals surface area contributed by atoms with Gasteiger partial charge in [-0.25, -0.2) is 0 Å². The summed E-state index contributed by atoms with van der Waals surface area (Å²) in [6.45, 7) is 1.77. The molecule has 1 unspecified atom stereocenters. The van der Waals surface area contributed by atoms with E-state index in [4.69, 9.17) is 32.7 Å². The number of benzene rings is 4. The zero-order valence-corrected chi connectivity index (χ0v) is 26.3. The van der Waals surface area contributed by atoms with Crippen molar-refractivity contribution in [2.24, 2.45) is 0 Å². The van der Waals surface area contributed by atoms with Gasteiger partial charge in [0.1, 0.15) is 17.2 Å². The second-order valence-corrected chi connectivity index (χ2v) is 11.5. The average Bonchev–Trinajstić information content (AvgIpc) is 3.03. The Morgan fingerprint density at radius 1 is 0.841 bits per heavy atom. The number of hydrogen-bond donors (Lipinski definition) is 3. The van der Waals surface area contributed by atoms with E-state index in [1.165, 1.54) is 24.9 Å². The molecule has 44 heavy (non-hydrogen) atoms. The summed E-state index contributed by atoms with van der Waals surface area (Å²) in [6.07, 6.45) is 1.46. The van der Waals surface area contributed by atoms with Crippen LogP contribution < -0.4 is 25.4 Å². The maximum atomic E-state index is 13.5. The van der Waals surface area contributed by atoms with E-state index in [1.807, 2.05) is 6.07 Å². The van der Waals surface area contributed by atoms with Gasteiger partial charge in [-0.2, -0.15) is 0 Å². The van der Waals surface area contributed by atoms with E-state index in [-0.39, 0.29) is 16.6 Å². The molecule has 4 aromatic rings. The minimum atomic E-state index is -0.580. The summed E-state index contributed by atoms with van der Waals surface area (Å²) >= 11 is 13.8. The third-order valence-corrected chi connectivity index (χ3v) is 8.18. The minimum absolute atomic E-state index is 0.0407. The van der Waals surface area contributed by atoms with Crippen LogP contribution in [0.1, 0.15) is 22.8 Å². The Bertz CT molecular complexity index is 1700. The van der Waals surface area contributed by atoms with E-state index < -0.39 is 17.1 Å². The van der Waals surface area contributed by atoms with Crippen LogP contribution >= 0.6 is 35.0 Å². The highest BCUT2D eigenvalue weighted by Gasteiger charge is 2.19. The smallest absolute Gasteiger partial charge is 0.272 e. The Hall–Kier alpha value is -4.44.